The van der Waals surface area contributed by atoms with Gasteiger partial charge >= 0.3 is 0 Å². The largest absolute Gasteiger partial charge is 0.488 e. The number of fused-ring (bicyclic) bond motifs is 1. The van der Waals surface area contributed by atoms with Gasteiger partial charge in [0.15, 0.2) is 0 Å². The maximum atomic E-state index is 13.0. The van der Waals surface area contributed by atoms with Gasteiger partial charge in [0.05, 0.1) is 0 Å². The van der Waals surface area contributed by atoms with Crippen LogP contribution >= 0.6 is 11.6 Å². The van der Waals surface area contributed by atoms with Gasteiger partial charge in [0.25, 0.3) is 0 Å². The second-order valence-corrected chi connectivity index (χ2v) is 5.26. The van der Waals surface area contributed by atoms with E-state index in [9.17, 15) is 4.39 Å². The topological polar surface area (TPSA) is 21.3 Å². The molecule has 1 saturated carbocycles. The van der Waals surface area contributed by atoms with E-state index in [1.54, 1.807) is 12.1 Å². The minimum Gasteiger partial charge on any atom is -0.488 e. The van der Waals surface area contributed by atoms with Gasteiger partial charge in [0.1, 0.15) is 17.7 Å². The minimum absolute atomic E-state index is 0.104. The summed E-state index contributed by atoms with van der Waals surface area (Å²) in [5.41, 5.74) is 1.11. The Labute approximate surface area is 105 Å². The maximum Gasteiger partial charge on any atom is 0.123 e. The molecule has 3 rings (SSSR count). The van der Waals surface area contributed by atoms with Gasteiger partial charge in [-0.2, -0.15) is 0 Å². The van der Waals surface area contributed by atoms with Crippen LogP contribution in [0.2, 0.25) is 0 Å². The molecule has 1 fully saturated rings. The van der Waals surface area contributed by atoms with Crippen molar-refractivity contribution in [2.24, 2.45) is 0 Å². The van der Waals surface area contributed by atoms with Gasteiger partial charge in [-0.25, -0.2) is 4.39 Å². The Morgan fingerprint density at radius 1 is 1.47 bits per heavy atom. The van der Waals surface area contributed by atoms with Crippen molar-refractivity contribution in [3.8, 4) is 5.75 Å². The van der Waals surface area contributed by atoms with Crippen LogP contribution in [0, 0.1) is 5.82 Å². The Morgan fingerprint density at radius 3 is 3.00 bits per heavy atom. The van der Waals surface area contributed by atoms with E-state index in [4.69, 9.17) is 16.3 Å². The van der Waals surface area contributed by atoms with Gasteiger partial charge in [-0.15, -0.1) is 11.6 Å². The van der Waals surface area contributed by atoms with Crippen molar-refractivity contribution < 1.29 is 9.13 Å². The van der Waals surface area contributed by atoms with Crippen LogP contribution in [0.4, 0.5) is 4.39 Å². The number of hydrogen-bond donors (Lipinski definition) is 1. The average Bonchev–Trinajstić information content (AvgIpc) is 3.00. The summed E-state index contributed by atoms with van der Waals surface area (Å²) in [6.45, 7) is 0.781. The number of hydrogen-bond acceptors (Lipinski definition) is 2. The predicted octanol–water partition coefficient (Wildman–Crippen LogP) is 2.49. The summed E-state index contributed by atoms with van der Waals surface area (Å²) in [4.78, 5) is 0. The molecule has 0 radical (unpaired) electrons. The molecule has 17 heavy (non-hydrogen) atoms. The number of alkyl halides is 1. The molecule has 4 heteroatoms. The summed E-state index contributed by atoms with van der Waals surface area (Å²) in [7, 11) is 0. The second kappa shape index (κ2) is 4.14. The lowest BCUT2D eigenvalue weighted by Gasteiger charge is -2.17. The van der Waals surface area contributed by atoms with Crippen molar-refractivity contribution in [2.45, 2.75) is 30.9 Å². The highest BCUT2D eigenvalue weighted by atomic mass is 35.5. The molecular weight excluding hydrogens is 241 g/mol. The van der Waals surface area contributed by atoms with Gasteiger partial charge < -0.3 is 10.1 Å². The van der Waals surface area contributed by atoms with Crippen LogP contribution in [0.15, 0.2) is 18.2 Å². The SMILES string of the molecule is Fc1ccc2c(c1)CC(CNC1(CCl)CC1)O2. The normalized spacial score (nSPS) is 24.2. The van der Waals surface area contributed by atoms with Gasteiger partial charge in [0.2, 0.25) is 0 Å². The molecule has 1 atom stereocenters. The second-order valence-electron chi connectivity index (χ2n) is 4.99. The van der Waals surface area contributed by atoms with E-state index < -0.39 is 0 Å². The van der Waals surface area contributed by atoms with Crippen molar-refractivity contribution in [1.82, 2.24) is 5.32 Å². The zero-order chi connectivity index (χ0) is 11.9. The molecule has 1 unspecified atom stereocenters. The Hall–Kier alpha value is -0.800. The molecule has 0 saturated heterocycles. The molecule has 92 valence electrons. The molecule has 2 aliphatic rings. The van der Waals surface area contributed by atoms with Crippen LogP contribution in [0.1, 0.15) is 18.4 Å². The lowest BCUT2D eigenvalue weighted by molar-refractivity contribution is 0.221. The Bertz CT molecular complexity index is 433. The predicted molar refractivity (Wildman–Crippen MR) is 65.2 cm³/mol. The smallest absolute Gasteiger partial charge is 0.123 e. The van der Waals surface area contributed by atoms with E-state index in [-0.39, 0.29) is 17.5 Å². The van der Waals surface area contributed by atoms with Crippen LogP contribution in [0.5, 0.6) is 5.75 Å². The molecule has 1 heterocycles. The Kier molecular flexibility index (Phi) is 2.75. The molecule has 1 aliphatic heterocycles. The van der Waals surface area contributed by atoms with E-state index in [0.29, 0.717) is 5.88 Å². The summed E-state index contributed by atoms with van der Waals surface area (Å²) in [6.07, 6.45) is 3.17. The average molecular weight is 256 g/mol. The van der Waals surface area contributed by atoms with Crippen LogP contribution in [0.25, 0.3) is 0 Å². The Morgan fingerprint density at radius 2 is 2.29 bits per heavy atom. The van der Waals surface area contributed by atoms with Crippen molar-refractivity contribution >= 4 is 11.6 Å². The number of ether oxygens (including phenoxy) is 1. The standard InChI is InChI=1S/C13H15ClFNO/c14-8-13(3-4-13)16-7-11-6-9-5-10(15)1-2-12(9)17-11/h1-2,5,11,16H,3-4,6-8H2. The van der Waals surface area contributed by atoms with Gasteiger partial charge in [-0.1, -0.05) is 0 Å². The van der Waals surface area contributed by atoms with E-state index in [0.717, 1.165) is 37.1 Å². The lowest BCUT2D eigenvalue weighted by Crippen LogP contribution is -2.40. The van der Waals surface area contributed by atoms with Crippen molar-refractivity contribution in [1.29, 1.82) is 0 Å². The number of rotatable bonds is 4. The first-order chi connectivity index (χ1) is 8.21. The van der Waals surface area contributed by atoms with Crippen LogP contribution in [-0.2, 0) is 6.42 Å². The fraction of sp³-hybridized carbons (Fsp3) is 0.538. The van der Waals surface area contributed by atoms with Crippen LogP contribution in [-0.4, -0.2) is 24.1 Å². The first-order valence-electron chi connectivity index (χ1n) is 5.97. The third-order valence-corrected chi connectivity index (χ3v) is 4.09. The molecule has 0 spiro atoms. The van der Waals surface area contributed by atoms with Gasteiger partial charge in [0, 0.05) is 29.9 Å². The number of halogens is 2. The molecule has 2 nitrogen and oxygen atoms in total. The zero-order valence-electron chi connectivity index (χ0n) is 9.51. The van der Waals surface area contributed by atoms with Crippen molar-refractivity contribution in [2.75, 3.05) is 12.4 Å². The molecular formula is C13H15ClFNO. The van der Waals surface area contributed by atoms with Crippen LogP contribution < -0.4 is 10.1 Å². The first kappa shape index (κ1) is 11.3. The molecule has 1 aromatic rings. The van der Waals surface area contributed by atoms with E-state index in [1.165, 1.54) is 6.07 Å². The quantitative estimate of drug-likeness (QED) is 0.835. The third kappa shape index (κ3) is 2.26. The maximum absolute atomic E-state index is 13.0. The molecule has 1 aromatic carbocycles. The van der Waals surface area contributed by atoms with Crippen molar-refractivity contribution in [3.63, 3.8) is 0 Å². The van der Waals surface area contributed by atoms with Gasteiger partial charge in [-0.05, 0) is 31.0 Å². The number of benzene rings is 1. The molecule has 0 aromatic heterocycles. The minimum atomic E-state index is -0.194. The fourth-order valence-electron chi connectivity index (χ4n) is 2.24. The molecule has 0 bridgehead atoms. The summed E-state index contributed by atoms with van der Waals surface area (Å²) in [5.74, 6) is 1.27. The lowest BCUT2D eigenvalue weighted by atomic mass is 10.1. The number of nitrogens with one attached hydrogen (secondary N) is 1. The van der Waals surface area contributed by atoms with Crippen LogP contribution in [0.3, 0.4) is 0 Å². The highest BCUT2D eigenvalue weighted by Crippen LogP contribution is 2.37. The third-order valence-electron chi connectivity index (χ3n) is 3.58. The summed E-state index contributed by atoms with van der Waals surface area (Å²) in [6, 6.07) is 4.71. The molecule has 0 amide bonds. The fourth-order valence-corrected chi connectivity index (χ4v) is 2.60. The highest BCUT2D eigenvalue weighted by Gasteiger charge is 2.42. The monoisotopic (exact) mass is 255 g/mol. The molecule has 1 N–H and O–H groups in total. The highest BCUT2D eigenvalue weighted by molar-refractivity contribution is 6.18. The summed E-state index contributed by atoms with van der Waals surface area (Å²) in [5, 5.41) is 3.46. The molecule has 1 aliphatic carbocycles. The van der Waals surface area contributed by atoms with E-state index in [2.05, 4.69) is 5.32 Å². The first-order valence-corrected chi connectivity index (χ1v) is 6.50. The summed E-state index contributed by atoms with van der Waals surface area (Å²) < 4.78 is 18.8. The van der Waals surface area contributed by atoms with Crippen molar-refractivity contribution in [3.05, 3.63) is 29.6 Å². The van der Waals surface area contributed by atoms with Gasteiger partial charge in [-0.3, -0.25) is 0 Å². The summed E-state index contributed by atoms with van der Waals surface area (Å²) >= 11 is 5.90. The van der Waals surface area contributed by atoms with E-state index >= 15 is 0 Å². The van der Waals surface area contributed by atoms with E-state index in [1.807, 2.05) is 0 Å². The zero-order valence-corrected chi connectivity index (χ0v) is 10.3. The Balaban J connectivity index is 1.59.